The van der Waals surface area contributed by atoms with Crippen molar-refractivity contribution in [3.8, 4) is 5.75 Å². The first-order valence-corrected chi connectivity index (χ1v) is 6.30. The molecule has 0 aliphatic carbocycles. The maximum atomic E-state index is 13.4. The van der Waals surface area contributed by atoms with Gasteiger partial charge >= 0.3 is 0 Å². The van der Waals surface area contributed by atoms with E-state index in [-0.39, 0.29) is 24.2 Å². The van der Waals surface area contributed by atoms with Gasteiger partial charge in [-0.15, -0.1) is 0 Å². The molecule has 5 heteroatoms. The van der Waals surface area contributed by atoms with E-state index in [4.69, 9.17) is 9.84 Å². The molecule has 0 bridgehead atoms. The highest BCUT2D eigenvalue weighted by molar-refractivity contribution is 5.78. The fourth-order valence-electron chi connectivity index (χ4n) is 1.69. The Balaban J connectivity index is 2.38. The second kappa shape index (κ2) is 7.74. The number of rotatable bonds is 7. The summed E-state index contributed by atoms with van der Waals surface area (Å²) < 4.78 is 18.2. The van der Waals surface area contributed by atoms with Crippen molar-refractivity contribution in [2.75, 3.05) is 13.7 Å². The summed E-state index contributed by atoms with van der Waals surface area (Å²) in [7, 11) is 1.40. The number of nitrogens with one attached hydrogen (secondary N) is 1. The lowest BCUT2D eigenvalue weighted by atomic mass is 10.1. The van der Waals surface area contributed by atoms with Gasteiger partial charge in [0.2, 0.25) is 5.91 Å². The van der Waals surface area contributed by atoms with Crippen molar-refractivity contribution in [3.63, 3.8) is 0 Å². The Morgan fingerprint density at radius 3 is 2.84 bits per heavy atom. The summed E-state index contributed by atoms with van der Waals surface area (Å²) in [4.78, 5) is 11.6. The summed E-state index contributed by atoms with van der Waals surface area (Å²) in [6.07, 6.45) is 1.15. The van der Waals surface area contributed by atoms with Gasteiger partial charge in [0.15, 0.2) is 11.6 Å². The number of halogens is 1. The van der Waals surface area contributed by atoms with E-state index in [9.17, 15) is 9.18 Å². The van der Waals surface area contributed by atoms with Crippen LogP contribution in [0.4, 0.5) is 4.39 Å². The van der Waals surface area contributed by atoms with Crippen molar-refractivity contribution in [3.05, 3.63) is 29.6 Å². The van der Waals surface area contributed by atoms with Crippen LogP contribution in [0.5, 0.6) is 5.75 Å². The van der Waals surface area contributed by atoms with Crippen molar-refractivity contribution >= 4 is 5.91 Å². The Morgan fingerprint density at radius 2 is 2.26 bits per heavy atom. The van der Waals surface area contributed by atoms with E-state index in [0.717, 1.165) is 6.42 Å². The Hall–Kier alpha value is -1.62. The van der Waals surface area contributed by atoms with Gasteiger partial charge in [-0.3, -0.25) is 4.79 Å². The predicted octanol–water partition coefficient (Wildman–Crippen LogP) is 1.65. The first kappa shape index (κ1) is 15.4. The Kier molecular flexibility index (Phi) is 6.29. The van der Waals surface area contributed by atoms with Gasteiger partial charge in [-0.25, -0.2) is 4.39 Å². The Morgan fingerprint density at radius 1 is 1.53 bits per heavy atom. The molecule has 2 N–H and O–H groups in total. The van der Waals surface area contributed by atoms with Gasteiger partial charge in [-0.1, -0.05) is 6.07 Å². The van der Waals surface area contributed by atoms with E-state index in [1.54, 1.807) is 13.0 Å². The molecule has 0 spiro atoms. The third-order valence-corrected chi connectivity index (χ3v) is 2.70. The van der Waals surface area contributed by atoms with E-state index in [1.165, 1.54) is 19.2 Å². The number of aliphatic hydroxyl groups is 1. The molecule has 1 amide bonds. The lowest BCUT2D eigenvalue weighted by molar-refractivity contribution is -0.120. The van der Waals surface area contributed by atoms with Crippen LogP contribution in [0.15, 0.2) is 18.2 Å². The van der Waals surface area contributed by atoms with Crippen LogP contribution in [0.1, 0.15) is 25.3 Å². The number of hydrogen-bond donors (Lipinski definition) is 2. The summed E-state index contributed by atoms with van der Waals surface area (Å²) in [6.45, 7) is 2.23. The summed E-state index contributed by atoms with van der Waals surface area (Å²) in [5.74, 6) is -0.460. The monoisotopic (exact) mass is 269 g/mol. The fraction of sp³-hybridized carbons (Fsp3) is 0.500. The molecule has 1 aromatic carbocycles. The highest BCUT2D eigenvalue weighted by Crippen LogP contribution is 2.17. The van der Waals surface area contributed by atoms with Crippen molar-refractivity contribution in [2.45, 2.75) is 32.3 Å². The number of hydrogen-bond acceptors (Lipinski definition) is 3. The molecular formula is C14H20FNO3. The number of benzene rings is 1. The molecule has 1 aromatic rings. The molecule has 0 aliphatic heterocycles. The van der Waals surface area contributed by atoms with Crippen molar-refractivity contribution in [1.82, 2.24) is 5.32 Å². The minimum absolute atomic E-state index is 0.135. The first-order chi connectivity index (χ1) is 9.02. The zero-order chi connectivity index (χ0) is 14.3. The van der Waals surface area contributed by atoms with Crippen LogP contribution in [0.2, 0.25) is 0 Å². The molecule has 1 rings (SSSR count). The van der Waals surface area contributed by atoms with E-state index in [0.29, 0.717) is 18.5 Å². The molecule has 0 radical (unpaired) electrons. The van der Waals surface area contributed by atoms with Gasteiger partial charge in [0, 0.05) is 6.54 Å². The number of carbonyl (C=O) groups excluding carboxylic acids is 1. The number of methoxy groups -OCH3 is 1. The third kappa shape index (κ3) is 5.70. The smallest absolute Gasteiger partial charge is 0.224 e. The number of ether oxygens (including phenoxy) is 1. The molecule has 0 saturated heterocycles. The molecule has 1 atom stereocenters. The number of amides is 1. The first-order valence-electron chi connectivity index (χ1n) is 6.30. The highest BCUT2D eigenvalue weighted by atomic mass is 19.1. The molecule has 1 unspecified atom stereocenters. The third-order valence-electron chi connectivity index (χ3n) is 2.70. The minimum atomic E-state index is -0.470. The maximum absolute atomic E-state index is 13.4. The van der Waals surface area contributed by atoms with Crippen LogP contribution in [-0.4, -0.2) is 30.8 Å². The zero-order valence-corrected chi connectivity index (χ0v) is 11.3. The van der Waals surface area contributed by atoms with E-state index < -0.39 is 5.82 Å². The second-order valence-corrected chi connectivity index (χ2v) is 4.49. The molecule has 0 aliphatic rings. The maximum Gasteiger partial charge on any atom is 0.224 e. The minimum Gasteiger partial charge on any atom is -0.494 e. The molecule has 19 heavy (non-hydrogen) atoms. The summed E-state index contributed by atoms with van der Waals surface area (Å²) >= 11 is 0. The van der Waals surface area contributed by atoms with Crippen LogP contribution in [0.25, 0.3) is 0 Å². The summed E-state index contributed by atoms with van der Waals surface area (Å²) in [5, 5.41) is 11.8. The van der Waals surface area contributed by atoms with Crippen LogP contribution in [0, 0.1) is 5.82 Å². The van der Waals surface area contributed by atoms with Gasteiger partial charge < -0.3 is 15.2 Å². The van der Waals surface area contributed by atoms with Crippen LogP contribution in [0.3, 0.4) is 0 Å². The quantitative estimate of drug-likeness (QED) is 0.740. The molecule has 0 fully saturated rings. The second-order valence-electron chi connectivity index (χ2n) is 4.49. The molecular weight excluding hydrogens is 249 g/mol. The largest absolute Gasteiger partial charge is 0.494 e. The Labute approximate surface area is 112 Å². The summed E-state index contributed by atoms with van der Waals surface area (Å²) in [5.41, 5.74) is 0.603. The molecule has 0 aromatic heterocycles. The van der Waals surface area contributed by atoms with Gasteiger partial charge in [-0.2, -0.15) is 0 Å². The van der Waals surface area contributed by atoms with Crippen molar-refractivity contribution in [2.24, 2.45) is 0 Å². The van der Waals surface area contributed by atoms with Crippen molar-refractivity contribution < 1.29 is 19.0 Å². The highest BCUT2D eigenvalue weighted by Gasteiger charge is 2.07. The van der Waals surface area contributed by atoms with Crippen LogP contribution < -0.4 is 10.1 Å². The number of carbonyl (C=O) groups is 1. The SMILES string of the molecule is COc1ccc(CC(=O)NCCCC(C)O)cc1F. The molecule has 0 heterocycles. The van der Waals surface area contributed by atoms with Gasteiger partial charge in [0.05, 0.1) is 19.6 Å². The lowest BCUT2D eigenvalue weighted by Gasteiger charge is -2.07. The average Bonchev–Trinajstić information content (AvgIpc) is 2.35. The van der Waals surface area contributed by atoms with Crippen molar-refractivity contribution in [1.29, 1.82) is 0 Å². The molecule has 106 valence electrons. The predicted molar refractivity (Wildman–Crippen MR) is 70.6 cm³/mol. The lowest BCUT2D eigenvalue weighted by Crippen LogP contribution is -2.26. The van der Waals surface area contributed by atoms with Gasteiger partial charge in [0.25, 0.3) is 0 Å². The standard InChI is InChI=1S/C14H20FNO3/c1-10(17)4-3-7-16-14(18)9-11-5-6-13(19-2)12(15)8-11/h5-6,8,10,17H,3-4,7,9H2,1-2H3,(H,16,18). The molecule has 0 saturated carbocycles. The topological polar surface area (TPSA) is 58.6 Å². The normalized spacial score (nSPS) is 12.0. The average molecular weight is 269 g/mol. The van der Waals surface area contributed by atoms with Gasteiger partial charge in [-0.05, 0) is 37.5 Å². The van der Waals surface area contributed by atoms with Crippen LogP contribution in [-0.2, 0) is 11.2 Å². The van der Waals surface area contributed by atoms with Crippen LogP contribution >= 0.6 is 0 Å². The van der Waals surface area contributed by atoms with Gasteiger partial charge in [0.1, 0.15) is 0 Å². The Bertz CT molecular complexity index is 421. The summed E-state index contributed by atoms with van der Waals surface area (Å²) in [6, 6.07) is 4.47. The fourth-order valence-corrected chi connectivity index (χ4v) is 1.69. The zero-order valence-electron chi connectivity index (χ0n) is 11.3. The van der Waals surface area contributed by atoms with E-state index in [1.807, 2.05) is 0 Å². The number of aliphatic hydroxyl groups excluding tert-OH is 1. The van der Waals surface area contributed by atoms with E-state index in [2.05, 4.69) is 5.32 Å². The molecule has 4 nitrogen and oxygen atoms in total. The van der Waals surface area contributed by atoms with E-state index >= 15 is 0 Å².